The first-order valence-corrected chi connectivity index (χ1v) is 12.0. The molecule has 1 fully saturated rings. The summed E-state index contributed by atoms with van der Waals surface area (Å²) in [6.07, 6.45) is 0.284. The number of carbonyl (C=O) groups is 3. The zero-order chi connectivity index (χ0) is 25.0. The number of hydrogen-bond donors (Lipinski definition) is 2. The average molecular weight is 481 g/mol. The van der Waals surface area contributed by atoms with E-state index in [-0.39, 0.29) is 37.4 Å². The average Bonchev–Trinajstić information content (AvgIpc) is 3.15. The van der Waals surface area contributed by atoms with Crippen LogP contribution in [0.5, 0.6) is 0 Å². The molecule has 8 nitrogen and oxygen atoms in total. The molecule has 1 saturated heterocycles. The molecule has 2 amide bonds. The molecule has 2 aromatic carbocycles. The number of fused-ring (bicyclic) bond motifs is 3. The number of carboxylic acids is 1. The molecule has 1 aliphatic heterocycles. The molecule has 35 heavy (non-hydrogen) atoms. The maximum atomic E-state index is 13.3. The van der Waals surface area contributed by atoms with E-state index in [0.29, 0.717) is 25.9 Å². The van der Waals surface area contributed by atoms with E-state index >= 15 is 0 Å². The molecule has 1 heterocycles. The Kier molecular flexibility index (Phi) is 7.40. The highest BCUT2D eigenvalue weighted by atomic mass is 16.5. The van der Waals surface area contributed by atoms with Crippen molar-refractivity contribution in [3.63, 3.8) is 0 Å². The topological polar surface area (TPSA) is 105 Å². The lowest BCUT2D eigenvalue weighted by molar-refractivity contribution is -0.148. The zero-order valence-corrected chi connectivity index (χ0v) is 20.2. The number of alkyl carbamates (subject to hydrolysis) is 1. The molecule has 1 atom stereocenters. The molecule has 4 rings (SSSR count). The third-order valence-electron chi connectivity index (χ3n) is 7.10. The van der Waals surface area contributed by atoms with Gasteiger partial charge in [-0.1, -0.05) is 55.5 Å². The van der Waals surface area contributed by atoms with E-state index in [1.54, 1.807) is 4.90 Å². The summed E-state index contributed by atoms with van der Waals surface area (Å²) in [5.74, 6) is -0.995. The van der Waals surface area contributed by atoms with Crippen molar-refractivity contribution in [2.45, 2.75) is 37.6 Å². The number of hydrogen-bond acceptors (Lipinski definition) is 5. The van der Waals surface area contributed by atoms with E-state index in [2.05, 4.69) is 29.6 Å². The number of ether oxygens (including phenoxy) is 2. The summed E-state index contributed by atoms with van der Waals surface area (Å²) in [5.41, 5.74) is 3.28. The third-order valence-corrected chi connectivity index (χ3v) is 7.10. The summed E-state index contributed by atoms with van der Waals surface area (Å²) < 4.78 is 11.0. The summed E-state index contributed by atoms with van der Waals surface area (Å²) in [5, 5.41) is 11.7. The molecule has 0 bridgehead atoms. The molecular weight excluding hydrogens is 448 g/mol. The lowest BCUT2D eigenvalue weighted by Gasteiger charge is -2.44. The van der Waals surface area contributed by atoms with E-state index in [4.69, 9.17) is 14.6 Å². The predicted octanol–water partition coefficient (Wildman–Crippen LogP) is 3.64. The van der Waals surface area contributed by atoms with Crippen LogP contribution in [0.3, 0.4) is 0 Å². The lowest BCUT2D eigenvalue weighted by atomic mass is 9.89. The van der Waals surface area contributed by atoms with Crippen LogP contribution >= 0.6 is 0 Å². The molecule has 0 saturated carbocycles. The van der Waals surface area contributed by atoms with Crippen molar-refractivity contribution in [2.75, 3.05) is 33.4 Å². The monoisotopic (exact) mass is 480 g/mol. The van der Waals surface area contributed by atoms with Crippen molar-refractivity contribution in [3.8, 4) is 11.1 Å². The molecule has 1 aliphatic carbocycles. The highest BCUT2D eigenvalue weighted by Gasteiger charge is 2.45. The number of carbonyl (C=O) groups excluding carboxylic acids is 2. The predicted molar refractivity (Wildman–Crippen MR) is 130 cm³/mol. The Balaban J connectivity index is 1.41. The zero-order valence-electron chi connectivity index (χ0n) is 20.2. The molecule has 0 spiro atoms. The first-order chi connectivity index (χ1) is 16.9. The summed E-state index contributed by atoms with van der Waals surface area (Å²) in [6, 6.07) is 16.2. The van der Waals surface area contributed by atoms with Crippen molar-refractivity contribution >= 4 is 18.0 Å². The van der Waals surface area contributed by atoms with Crippen molar-refractivity contribution in [1.29, 1.82) is 0 Å². The first-order valence-electron chi connectivity index (χ1n) is 12.0. The van der Waals surface area contributed by atoms with Gasteiger partial charge in [0.05, 0.1) is 6.61 Å². The second kappa shape index (κ2) is 10.5. The van der Waals surface area contributed by atoms with E-state index in [0.717, 1.165) is 22.3 Å². The van der Waals surface area contributed by atoms with Crippen LogP contribution < -0.4 is 5.32 Å². The number of likely N-dealkylation sites (tertiary alicyclic amines) is 1. The maximum Gasteiger partial charge on any atom is 0.408 e. The fourth-order valence-electron chi connectivity index (χ4n) is 5.12. The third kappa shape index (κ3) is 5.03. The molecule has 0 radical (unpaired) electrons. The van der Waals surface area contributed by atoms with Crippen molar-refractivity contribution in [1.82, 2.24) is 10.2 Å². The van der Waals surface area contributed by atoms with Gasteiger partial charge in [0.25, 0.3) is 5.91 Å². The smallest absolute Gasteiger partial charge is 0.408 e. The van der Waals surface area contributed by atoms with Gasteiger partial charge >= 0.3 is 12.1 Å². The molecule has 2 aliphatic rings. The number of nitrogens with zero attached hydrogens (tertiary/aromatic N) is 1. The fourth-order valence-corrected chi connectivity index (χ4v) is 5.12. The second-order valence-corrected chi connectivity index (χ2v) is 9.33. The minimum Gasteiger partial charge on any atom is -0.481 e. The fraction of sp³-hybridized carbons (Fsp3) is 0.444. The largest absolute Gasteiger partial charge is 0.481 e. The van der Waals surface area contributed by atoms with Gasteiger partial charge in [-0.3, -0.25) is 9.59 Å². The second-order valence-electron chi connectivity index (χ2n) is 9.33. The minimum atomic E-state index is -1.24. The van der Waals surface area contributed by atoms with Gasteiger partial charge in [-0.05, 0) is 41.0 Å². The summed E-state index contributed by atoms with van der Waals surface area (Å²) in [4.78, 5) is 38.7. The van der Waals surface area contributed by atoms with Crippen LogP contribution in [-0.4, -0.2) is 66.9 Å². The van der Waals surface area contributed by atoms with Crippen molar-refractivity contribution in [2.24, 2.45) is 5.92 Å². The van der Waals surface area contributed by atoms with Crippen molar-refractivity contribution in [3.05, 3.63) is 59.7 Å². The standard InChI is InChI=1S/C27H32N2O6/c1-3-27(17-34-2,25(32)29-14-18(15-29)12-13-24(30)31)28-26(33)35-16-23-21-10-6-4-8-19(21)20-9-5-7-11-22(20)23/h4-11,18,23H,3,12-17H2,1-2H3,(H,28,33)(H,30,31). The van der Waals surface area contributed by atoms with Crippen LogP contribution in [0.4, 0.5) is 4.79 Å². The van der Waals surface area contributed by atoms with E-state index < -0.39 is 17.6 Å². The van der Waals surface area contributed by atoms with Gasteiger partial charge < -0.3 is 24.8 Å². The molecule has 2 aromatic rings. The quantitative estimate of drug-likeness (QED) is 0.538. The minimum absolute atomic E-state index is 0.0167. The number of amides is 2. The van der Waals surface area contributed by atoms with Gasteiger partial charge in [-0.2, -0.15) is 0 Å². The van der Waals surface area contributed by atoms with Crippen LogP contribution in [0.1, 0.15) is 43.2 Å². The first kappa shape index (κ1) is 24.7. The summed E-state index contributed by atoms with van der Waals surface area (Å²) >= 11 is 0. The SMILES string of the molecule is CCC(COC)(NC(=O)OCC1c2ccccc2-c2ccccc21)C(=O)N1CC(CCC(=O)O)C1. The number of nitrogens with one attached hydrogen (secondary N) is 1. The van der Waals surface area contributed by atoms with Crippen LogP contribution in [0.2, 0.25) is 0 Å². The van der Waals surface area contributed by atoms with Gasteiger partial charge in [0.15, 0.2) is 0 Å². The lowest BCUT2D eigenvalue weighted by Crippen LogP contribution is -2.66. The van der Waals surface area contributed by atoms with Gasteiger partial charge in [0.2, 0.25) is 0 Å². The highest BCUT2D eigenvalue weighted by Crippen LogP contribution is 2.44. The number of aliphatic carboxylic acids is 1. The Morgan fingerprint density at radius 2 is 1.66 bits per heavy atom. The van der Waals surface area contributed by atoms with Gasteiger partial charge in [-0.25, -0.2) is 4.79 Å². The molecular formula is C27H32N2O6. The van der Waals surface area contributed by atoms with Crippen LogP contribution in [0.15, 0.2) is 48.5 Å². The Hall–Kier alpha value is -3.39. The molecule has 0 aromatic heterocycles. The summed E-state index contributed by atoms with van der Waals surface area (Å²) in [7, 11) is 1.49. The number of rotatable bonds is 10. The Labute approximate surface area is 205 Å². The van der Waals surface area contributed by atoms with Crippen molar-refractivity contribution < 1.29 is 29.0 Å². The van der Waals surface area contributed by atoms with E-state index in [1.165, 1.54) is 7.11 Å². The number of carboxylic acid groups (broad SMARTS) is 1. The molecule has 186 valence electrons. The Bertz CT molecular complexity index is 1050. The maximum absolute atomic E-state index is 13.3. The van der Waals surface area contributed by atoms with Gasteiger partial charge in [0, 0.05) is 32.5 Å². The van der Waals surface area contributed by atoms with Gasteiger partial charge in [-0.15, -0.1) is 0 Å². The molecule has 8 heteroatoms. The van der Waals surface area contributed by atoms with Crippen LogP contribution in [-0.2, 0) is 19.1 Å². The van der Waals surface area contributed by atoms with Crippen LogP contribution in [0.25, 0.3) is 11.1 Å². The molecule has 2 N–H and O–H groups in total. The Morgan fingerprint density at radius 1 is 1.06 bits per heavy atom. The molecule has 1 unspecified atom stereocenters. The van der Waals surface area contributed by atoms with Crippen LogP contribution in [0, 0.1) is 5.92 Å². The summed E-state index contributed by atoms with van der Waals surface area (Å²) in [6.45, 7) is 2.95. The number of benzene rings is 2. The van der Waals surface area contributed by atoms with E-state index in [9.17, 15) is 14.4 Å². The highest BCUT2D eigenvalue weighted by molar-refractivity contribution is 5.91. The van der Waals surface area contributed by atoms with E-state index in [1.807, 2.05) is 31.2 Å². The Morgan fingerprint density at radius 3 is 2.20 bits per heavy atom. The van der Waals surface area contributed by atoms with Gasteiger partial charge in [0.1, 0.15) is 12.1 Å². The normalized spacial score (nSPS) is 16.6. The number of methoxy groups -OCH3 is 1.